The molecular formula is C11H14ClNO3S. The minimum atomic E-state index is -0.416. The number of hydrogen-bond donors (Lipinski definition) is 2. The van der Waals surface area contributed by atoms with Crippen molar-refractivity contribution in [3.05, 3.63) is 17.2 Å². The fourth-order valence-electron chi connectivity index (χ4n) is 1.19. The molecule has 1 aromatic carbocycles. The molecule has 1 N–H and O–H groups in total. The van der Waals surface area contributed by atoms with Crippen molar-refractivity contribution in [2.24, 2.45) is 0 Å². The first-order chi connectivity index (χ1) is 7.99. The van der Waals surface area contributed by atoms with E-state index in [0.717, 1.165) is 0 Å². The van der Waals surface area contributed by atoms with Crippen molar-refractivity contribution >= 4 is 35.8 Å². The molecule has 0 radical (unpaired) electrons. The number of hydrogen-bond acceptors (Lipinski definition) is 4. The summed E-state index contributed by atoms with van der Waals surface area (Å²) in [5, 5.41) is 2.66. The molecule has 0 spiro atoms. The molecule has 0 saturated heterocycles. The predicted octanol–water partition coefficient (Wildman–Crippen LogP) is 2.61. The van der Waals surface area contributed by atoms with E-state index in [0.29, 0.717) is 22.2 Å². The zero-order valence-electron chi connectivity index (χ0n) is 9.78. The van der Waals surface area contributed by atoms with E-state index in [1.54, 1.807) is 19.1 Å². The molecule has 6 heteroatoms. The number of methoxy groups -OCH3 is 2. The highest BCUT2D eigenvalue weighted by Gasteiger charge is 2.14. The number of anilines is 1. The second-order valence-electron chi connectivity index (χ2n) is 3.35. The number of amides is 1. The third-order valence-corrected chi connectivity index (χ3v) is 2.64. The van der Waals surface area contributed by atoms with Crippen molar-refractivity contribution in [2.75, 3.05) is 19.5 Å². The molecule has 1 unspecified atom stereocenters. The molecule has 0 aliphatic rings. The van der Waals surface area contributed by atoms with Gasteiger partial charge in [0, 0.05) is 6.07 Å². The smallest absolute Gasteiger partial charge is 0.237 e. The molecule has 0 saturated carbocycles. The van der Waals surface area contributed by atoms with Crippen LogP contribution < -0.4 is 14.8 Å². The van der Waals surface area contributed by atoms with Gasteiger partial charge in [0.05, 0.1) is 30.2 Å². The number of benzene rings is 1. The molecule has 0 heterocycles. The van der Waals surface area contributed by atoms with Crippen LogP contribution >= 0.6 is 24.2 Å². The van der Waals surface area contributed by atoms with E-state index in [1.165, 1.54) is 14.2 Å². The summed E-state index contributed by atoms with van der Waals surface area (Å²) in [4.78, 5) is 11.5. The van der Waals surface area contributed by atoms with Crippen LogP contribution in [0.3, 0.4) is 0 Å². The average molecular weight is 276 g/mol. The highest BCUT2D eigenvalue weighted by molar-refractivity contribution is 7.81. The van der Waals surface area contributed by atoms with E-state index >= 15 is 0 Å². The maximum absolute atomic E-state index is 11.5. The van der Waals surface area contributed by atoms with Gasteiger partial charge < -0.3 is 14.8 Å². The van der Waals surface area contributed by atoms with Crippen molar-refractivity contribution in [3.8, 4) is 11.5 Å². The molecule has 94 valence electrons. The normalized spacial score (nSPS) is 11.8. The molecule has 4 nitrogen and oxygen atoms in total. The Morgan fingerprint density at radius 1 is 1.35 bits per heavy atom. The monoisotopic (exact) mass is 275 g/mol. The zero-order chi connectivity index (χ0) is 13.0. The van der Waals surface area contributed by atoms with E-state index < -0.39 is 5.25 Å². The first-order valence-corrected chi connectivity index (χ1v) is 5.79. The van der Waals surface area contributed by atoms with Gasteiger partial charge in [-0.1, -0.05) is 11.6 Å². The SMILES string of the molecule is COc1cc(OC)c(NC(=O)C(C)S)cc1Cl. The number of nitrogens with one attached hydrogen (secondary N) is 1. The van der Waals surface area contributed by atoms with Gasteiger partial charge in [-0.15, -0.1) is 0 Å². The lowest BCUT2D eigenvalue weighted by atomic mass is 10.2. The van der Waals surface area contributed by atoms with Gasteiger partial charge in [-0.2, -0.15) is 12.6 Å². The lowest BCUT2D eigenvalue weighted by Crippen LogP contribution is -2.20. The van der Waals surface area contributed by atoms with Gasteiger partial charge in [0.1, 0.15) is 11.5 Å². The lowest BCUT2D eigenvalue weighted by Gasteiger charge is -2.13. The van der Waals surface area contributed by atoms with Crippen molar-refractivity contribution < 1.29 is 14.3 Å². The van der Waals surface area contributed by atoms with Gasteiger partial charge in [-0.05, 0) is 13.0 Å². The van der Waals surface area contributed by atoms with E-state index in [-0.39, 0.29) is 5.91 Å². The first-order valence-electron chi connectivity index (χ1n) is 4.90. The van der Waals surface area contributed by atoms with E-state index in [2.05, 4.69) is 17.9 Å². The van der Waals surface area contributed by atoms with Gasteiger partial charge in [0.2, 0.25) is 5.91 Å². The highest BCUT2D eigenvalue weighted by atomic mass is 35.5. The molecule has 1 rings (SSSR count). The molecule has 0 aliphatic carbocycles. The highest BCUT2D eigenvalue weighted by Crippen LogP contribution is 2.35. The maximum atomic E-state index is 11.5. The number of thiol groups is 1. The predicted molar refractivity (Wildman–Crippen MR) is 71.6 cm³/mol. The quantitative estimate of drug-likeness (QED) is 0.831. The van der Waals surface area contributed by atoms with E-state index in [1.807, 2.05) is 0 Å². The fourth-order valence-corrected chi connectivity index (χ4v) is 1.50. The number of ether oxygens (including phenoxy) is 2. The summed E-state index contributed by atoms with van der Waals surface area (Å²) in [6.45, 7) is 1.68. The van der Waals surface area contributed by atoms with Gasteiger partial charge >= 0.3 is 0 Å². The second kappa shape index (κ2) is 6.02. The molecule has 1 atom stereocenters. The molecule has 0 aromatic heterocycles. The van der Waals surface area contributed by atoms with Crippen LogP contribution in [-0.2, 0) is 4.79 Å². The summed E-state index contributed by atoms with van der Waals surface area (Å²) in [7, 11) is 3.01. The maximum Gasteiger partial charge on any atom is 0.237 e. The lowest BCUT2D eigenvalue weighted by molar-refractivity contribution is -0.115. The summed E-state index contributed by atoms with van der Waals surface area (Å²) in [6.07, 6.45) is 0. The average Bonchev–Trinajstić information content (AvgIpc) is 2.29. The summed E-state index contributed by atoms with van der Waals surface area (Å²) in [6, 6.07) is 3.19. The molecule has 0 fully saturated rings. The first kappa shape index (κ1) is 14.0. The van der Waals surface area contributed by atoms with Crippen LogP contribution in [0.1, 0.15) is 6.92 Å². The van der Waals surface area contributed by atoms with Crippen LogP contribution in [0, 0.1) is 0 Å². The number of carbonyl (C=O) groups excluding carboxylic acids is 1. The Bertz CT molecular complexity index is 423. The molecule has 0 bridgehead atoms. The largest absolute Gasteiger partial charge is 0.495 e. The summed E-state index contributed by atoms with van der Waals surface area (Å²) in [5.41, 5.74) is 0.490. The standard InChI is InChI=1S/C11H14ClNO3S/c1-6(17)11(14)13-8-4-7(12)9(15-2)5-10(8)16-3/h4-6,17H,1-3H3,(H,13,14). The van der Waals surface area contributed by atoms with Gasteiger partial charge in [-0.3, -0.25) is 4.79 Å². The third kappa shape index (κ3) is 3.44. The molecular weight excluding hydrogens is 262 g/mol. The van der Waals surface area contributed by atoms with Crippen LogP contribution in [-0.4, -0.2) is 25.4 Å². The van der Waals surface area contributed by atoms with Gasteiger partial charge in [-0.25, -0.2) is 0 Å². The summed E-state index contributed by atoms with van der Waals surface area (Å²) >= 11 is 10.0. The van der Waals surface area contributed by atoms with E-state index in [9.17, 15) is 4.79 Å². The van der Waals surface area contributed by atoms with Crippen LogP contribution in [0.2, 0.25) is 5.02 Å². The van der Waals surface area contributed by atoms with Crippen molar-refractivity contribution in [1.82, 2.24) is 0 Å². The topological polar surface area (TPSA) is 47.6 Å². The Labute approximate surface area is 111 Å². The zero-order valence-corrected chi connectivity index (χ0v) is 11.4. The Morgan fingerprint density at radius 3 is 2.41 bits per heavy atom. The van der Waals surface area contributed by atoms with Crippen LogP contribution in [0.15, 0.2) is 12.1 Å². The second-order valence-corrected chi connectivity index (χ2v) is 4.53. The summed E-state index contributed by atoms with van der Waals surface area (Å²) in [5.74, 6) is 0.738. The third-order valence-electron chi connectivity index (χ3n) is 2.11. The molecule has 1 amide bonds. The van der Waals surface area contributed by atoms with Crippen LogP contribution in [0.5, 0.6) is 11.5 Å². The van der Waals surface area contributed by atoms with Crippen molar-refractivity contribution in [3.63, 3.8) is 0 Å². The fraction of sp³-hybridized carbons (Fsp3) is 0.364. The summed E-state index contributed by atoms with van der Waals surface area (Å²) < 4.78 is 10.2. The molecule has 0 aliphatic heterocycles. The van der Waals surface area contributed by atoms with Crippen LogP contribution in [0.25, 0.3) is 0 Å². The Kier molecular flexibility index (Phi) is 4.96. The number of halogens is 1. The molecule has 1 aromatic rings. The van der Waals surface area contributed by atoms with Gasteiger partial charge in [0.15, 0.2) is 0 Å². The Hall–Kier alpha value is -1.07. The molecule has 17 heavy (non-hydrogen) atoms. The minimum Gasteiger partial charge on any atom is -0.495 e. The number of carbonyl (C=O) groups is 1. The van der Waals surface area contributed by atoms with Crippen molar-refractivity contribution in [1.29, 1.82) is 0 Å². The minimum absolute atomic E-state index is 0.229. The van der Waals surface area contributed by atoms with Crippen LogP contribution in [0.4, 0.5) is 5.69 Å². The van der Waals surface area contributed by atoms with Gasteiger partial charge in [0.25, 0.3) is 0 Å². The van der Waals surface area contributed by atoms with E-state index in [4.69, 9.17) is 21.1 Å². The Balaban J connectivity index is 3.06. The Morgan fingerprint density at radius 2 is 1.94 bits per heavy atom. The van der Waals surface area contributed by atoms with Crippen molar-refractivity contribution in [2.45, 2.75) is 12.2 Å². The number of rotatable bonds is 4.